The molecule has 0 fully saturated rings. The van der Waals surface area contributed by atoms with E-state index in [-0.39, 0.29) is 60.8 Å². The first kappa shape index (κ1) is 16.6. The molecule has 0 rings (SSSR count). The molecule has 4 heteroatoms. The van der Waals surface area contributed by atoms with E-state index in [2.05, 4.69) is 0 Å². The van der Waals surface area contributed by atoms with Gasteiger partial charge in [-0.25, -0.2) is 0 Å². The summed E-state index contributed by atoms with van der Waals surface area (Å²) in [5.74, 6) is 0. The molecule has 0 saturated heterocycles. The zero-order valence-electron chi connectivity index (χ0n) is 0.908. The third-order valence-electron chi connectivity index (χ3n) is 0. The monoisotopic (exact) mass is 112 g/mol. The Balaban J connectivity index is -0.00000000500. The molecule has 0 atom stereocenters. The van der Waals surface area contributed by atoms with Gasteiger partial charge in [-0.2, -0.15) is 0 Å². The van der Waals surface area contributed by atoms with Gasteiger partial charge in [-0.1, -0.05) is 0 Å². The van der Waals surface area contributed by atoms with Gasteiger partial charge in [-0.3, -0.25) is 0 Å². The van der Waals surface area contributed by atoms with Gasteiger partial charge in [0.25, 0.3) is 0 Å². The maximum absolute atomic E-state index is 8.06. The molecule has 0 amide bonds. The van der Waals surface area contributed by atoms with Gasteiger partial charge in [0.05, 0.1) is 0 Å². The van der Waals surface area contributed by atoms with Crippen molar-refractivity contribution in [3.63, 3.8) is 0 Å². The van der Waals surface area contributed by atoms with Gasteiger partial charge < -0.3 is 4.46 Å². The predicted molar refractivity (Wildman–Crippen MR) is 23.5 cm³/mol. The molecule has 0 aromatic carbocycles. The van der Waals surface area contributed by atoms with Crippen LogP contribution in [0.5, 0.6) is 0 Å². The van der Waals surface area contributed by atoms with E-state index in [4.69, 9.17) is 4.46 Å². The Kier molecular flexibility index (Phi) is 82.0. The molecule has 0 unspecified atom stereocenters. The standard InChI is InChI=1S/Ca.Mg.OSi.4H/c;;1-2;;;;. The van der Waals surface area contributed by atoms with Gasteiger partial charge in [0.2, 0.25) is 0 Å². The van der Waals surface area contributed by atoms with Crippen LogP contribution in [-0.2, 0) is 4.46 Å². The second-order valence-corrected chi connectivity index (χ2v) is 0. The summed E-state index contributed by atoms with van der Waals surface area (Å²) in [6, 6.07) is 0. The average Bonchev–Trinajstić information content (AvgIpc) is 1.00. The molecule has 0 bridgehead atoms. The summed E-state index contributed by atoms with van der Waals surface area (Å²) in [6.07, 6.45) is 0. The Bertz CT molecular complexity index is 8.00. The number of rotatable bonds is 0. The first-order valence-corrected chi connectivity index (χ1v) is 0.612. The van der Waals surface area contributed by atoms with Crippen molar-refractivity contribution in [1.82, 2.24) is 0 Å². The van der Waals surface area contributed by atoms with Gasteiger partial charge in [0.1, 0.15) is 0 Å². The van der Waals surface area contributed by atoms with E-state index in [1.807, 2.05) is 0 Å². The summed E-state index contributed by atoms with van der Waals surface area (Å²) in [6.45, 7) is 0. The van der Waals surface area contributed by atoms with E-state index in [0.717, 1.165) is 0 Å². The molecule has 0 saturated carbocycles. The molecule has 0 aromatic rings. The van der Waals surface area contributed by atoms with Crippen molar-refractivity contribution in [2.45, 2.75) is 0 Å². The topological polar surface area (TPSA) is 17.1 Å². The van der Waals surface area contributed by atoms with Gasteiger partial charge >= 0.3 is 70.9 Å². The van der Waals surface area contributed by atoms with E-state index in [1.165, 1.54) is 0 Å². The smallest absolute Gasteiger partial charge is 0.316 e. The molecule has 4 heavy (non-hydrogen) atoms. The van der Waals surface area contributed by atoms with Crippen molar-refractivity contribution in [2.24, 2.45) is 0 Å². The first-order valence-electron chi connectivity index (χ1n) is 0.204. The van der Waals surface area contributed by atoms with Crippen LogP contribution in [0.1, 0.15) is 0 Å². The second-order valence-electron chi connectivity index (χ2n) is 0. The van der Waals surface area contributed by atoms with Crippen LogP contribution < -0.4 is 0 Å². The van der Waals surface area contributed by atoms with Crippen LogP contribution in [0.4, 0.5) is 0 Å². The van der Waals surface area contributed by atoms with Crippen LogP contribution in [0.3, 0.4) is 0 Å². The molecule has 0 N–H and O–H groups in total. The van der Waals surface area contributed by atoms with Crippen molar-refractivity contribution in [3.05, 3.63) is 0 Å². The molecular weight excluding hydrogens is 108 g/mol. The van der Waals surface area contributed by atoms with Crippen LogP contribution in [-0.4, -0.2) is 70.9 Å². The molecule has 0 heterocycles. The Morgan fingerprint density at radius 1 is 1.25 bits per heavy atom. The minimum atomic E-state index is 0. The van der Waals surface area contributed by atoms with E-state index < -0.39 is 0 Å². The second kappa shape index (κ2) is 19.8. The minimum absolute atomic E-state index is 0. The molecule has 0 aliphatic rings. The van der Waals surface area contributed by atoms with Crippen molar-refractivity contribution in [1.29, 1.82) is 0 Å². The van der Waals surface area contributed by atoms with Crippen molar-refractivity contribution in [2.75, 3.05) is 0 Å². The van der Waals surface area contributed by atoms with Crippen LogP contribution in [0, 0.1) is 0 Å². The summed E-state index contributed by atoms with van der Waals surface area (Å²) in [4.78, 5) is 0. The molecule has 0 aromatic heterocycles. The van der Waals surface area contributed by atoms with E-state index >= 15 is 0 Å². The summed E-state index contributed by atoms with van der Waals surface area (Å²) in [5, 5.41) is 0. The van der Waals surface area contributed by atoms with Crippen molar-refractivity contribution < 1.29 is 4.46 Å². The normalized spacial score (nSPS) is 1.00. The van der Waals surface area contributed by atoms with Crippen molar-refractivity contribution >= 4 is 70.9 Å². The van der Waals surface area contributed by atoms with E-state index in [1.54, 1.807) is 10.1 Å². The van der Waals surface area contributed by atoms with Crippen LogP contribution in [0.15, 0.2) is 0 Å². The Morgan fingerprint density at radius 3 is 1.25 bits per heavy atom. The molecule has 2 radical (unpaired) electrons. The van der Waals surface area contributed by atoms with Gasteiger partial charge in [0.15, 0.2) is 0 Å². The Labute approximate surface area is 74.2 Å². The molecule has 0 aliphatic carbocycles. The third-order valence-corrected chi connectivity index (χ3v) is 0. The van der Waals surface area contributed by atoms with Gasteiger partial charge in [0, 0.05) is 0 Å². The van der Waals surface area contributed by atoms with E-state index in [0.29, 0.717) is 0 Å². The zero-order chi connectivity index (χ0) is 2.00. The summed E-state index contributed by atoms with van der Waals surface area (Å²) in [5.41, 5.74) is 0. The van der Waals surface area contributed by atoms with Crippen LogP contribution in [0.2, 0.25) is 0 Å². The van der Waals surface area contributed by atoms with Crippen LogP contribution >= 0.6 is 0 Å². The molecule has 1 nitrogen and oxygen atoms in total. The molecule has 0 spiro atoms. The first-order chi connectivity index (χ1) is 1.00. The Morgan fingerprint density at radius 2 is 1.25 bits per heavy atom. The average molecular weight is 113 g/mol. The summed E-state index contributed by atoms with van der Waals surface area (Å²) < 4.78 is 8.06. The molecular formula is H4CaMgOSi. The van der Waals surface area contributed by atoms with Crippen molar-refractivity contribution in [3.8, 4) is 0 Å². The quantitative estimate of drug-likeness (QED) is 0.321. The fourth-order valence-corrected chi connectivity index (χ4v) is 0. The maximum Gasteiger partial charge on any atom is 0.316 e. The molecule has 0 aliphatic heterocycles. The van der Waals surface area contributed by atoms with E-state index in [9.17, 15) is 0 Å². The minimum Gasteiger partial charge on any atom is 0.316 e. The van der Waals surface area contributed by atoms with Gasteiger partial charge in [-0.15, -0.1) is 0 Å². The Hall–Kier alpha value is 2.04. The summed E-state index contributed by atoms with van der Waals surface area (Å²) >= 11 is 0. The van der Waals surface area contributed by atoms with Crippen LogP contribution in [0.25, 0.3) is 0 Å². The largest absolute Gasteiger partial charge is 0.316 e. The number of hydrogen-bond acceptors (Lipinski definition) is 1. The fourth-order valence-electron chi connectivity index (χ4n) is 0. The molecule has 18 valence electrons. The van der Waals surface area contributed by atoms with Gasteiger partial charge in [-0.05, 0) is 0 Å². The SMILES string of the molecule is O=[Si].[CaH2].[MgH2]. The maximum atomic E-state index is 8.06. The number of hydrogen-bond donors (Lipinski definition) is 0. The summed E-state index contributed by atoms with van der Waals surface area (Å²) in [7, 11) is 1.72. The zero-order valence-corrected chi connectivity index (χ0v) is 1.91. The third kappa shape index (κ3) is 8.97. The predicted octanol–water partition coefficient (Wildman–Crippen LogP) is -2.33. The fraction of sp³-hybridized carbons (Fsp3) is 0.